The molecule has 31 heavy (non-hydrogen) atoms. The molecule has 2 aliphatic heterocycles. The van der Waals surface area contributed by atoms with Gasteiger partial charge in [-0.1, -0.05) is 15.9 Å². The van der Waals surface area contributed by atoms with Crippen LogP contribution in [0.15, 0.2) is 40.9 Å². The smallest absolute Gasteiger partial charge is 0.293 e. The van der Waals surface area contributed by atoms with Crippen molar-refractivity contribution in [2.45, 2.75) is 19.8 Å². The first-order valence-corrected chi connectivity index (χ1v) is 11.0. The summed E-state index contributed by atoms with van der Waals surface area (Å²) in [5, 5.41) is 11.8. The Bertz CT molecular complexity index is 1050. The second-order valence-corrected chi connectivity index (χ2v) is 8.70. The maximum Gasteiger partial charge on any atom is 0.293 e. The maximum absolute atomic E-state index is 13.3. The van der Waals surface area contributed by atoms with Gasteiger partial charge in [-0.3, -0.25) is 19.7 Å². The minimum absolute atomic E-state index is 0.00365. The number of carbonyl (C=O) groups is 2. The number of aryl methyl sites for hydroxylation is 1. The third kappa shape index (κ3) is 4.27. The molecule has 0 N–H and O–H groups in total. The number of hydrogen-bond acceptors (Lipinski definition) is 5. The van der Waals surface area contributed by atoms with Crippen LogP contribution in [0.5, 0.6) is 0 Å². The van der Waals surface area contributed by atoms with Gasteiger partial charge in [0.05, 0.1) is 4.92 Å². The van der Waals surface area contributed by atoms with Crippen molar-refractivity contribution in [1.29, 1.82) is 0 Å². The molecule has 162 valence electrons. The summed E-state index contributed by atoms with van der Waals surface area (Å²) in [5.41, 5.74) is 2.63. The van der Waals surface area contributed by atoms with E-state index in [-0.39, 0.29) is 17.5 Å². The lowest BCUT2D eigenvalue weighted by molar-refractivity contribution is -0.384. The van der Waals surface area contributed by atoms with E-state index in [1.54, 1.807) is 21.9 Å². The van der Waals surface area contributed by atoms with Gasteiger partial charge >= 0.3 is 0 Å². The zero-order valence-electron chi connectivity index (χ0n) is 17.2. The number of rotatable bonds is 3. The predicted octanol–water partition coefficient (Wildman–Crippen LogP) is 3.62. The number of anilines is 2. The molecule has 2 aliphatic rings. The topological polar surface area (TPSA) is 87.0 Å². The molecule has 1 saturated heterocycles. The van der Waals surface area contributed by atoms with Gasteiger partial charge in [-0.15, -0.1) is 0 Å². The summed E-state index contributed by atoms with van der Waals surface area (Å²) in [6.07, 6.45) is 1.74. The summed E-state index contributed by atoms with van der Waals surface area (Å²) < 4.78 is 0.963. The monoisotopic (exact) mass is 486 g/mol. The maximum atomic E-state index is 13.3. The number of fused-ring (bicyclic) bond motifs is 1. The van der Waals surface area contributed by atoms with Crippen LogP contribution in [0.1, 0.15) is 29.3 Å². The molecule has 2 aromatic rings. The number of halogens is 1. The number of nitro benzene ring substituents is 1. The average molecular weight is 487 g/mol. The largest absolute Gasteiger partial charge is 0.362 e. The van der Waals surface area contributed by atoms with Crippen molar-refractivity contribution in [3.8, 4) is 0 Å². The number of benzene rings is 2. The molecule has 0 radical (unpaired) electrons. The molecule has 2 aromatic carbocycles. The van der Waals surface area contributed by atoms with Crippen LogP contribution in [-0.2, 0) is 11.2 Å². The molecule has 1 fully saturated rings. The van der Waals surface area contributed by atoms with Crippen LogP contribution >= 0.6 is 15.9 Å². The van der Waals surface area contributed by atoms with Gasteiger partial charge in [0.15, 0.2) is 0 Å². The third-order valence-electron chi connectivity index (χ3n) is 5.89. The van der Waals surface area contributed by atoms with Crippen LogP contribution in [0.2, 0.25) is 0 Å². The molecule has 2 amide bonds. The van der Waals surface area contributed by atoms with Crippen molar-refractivity contribution in [2.75, 3.05) is 42.5 Å². The molecule has 2 heterocycles. The fourth-order valence-electron chi connectivity index (χ4n) is 4.26. The highest BCUT2D eigenvalue weighted by Crippen LogP contribution is 2.34. The second-order valence-electron chi connectivity index (χ2n) is 7.79. The molecule has 0 bridgehead atoms. The number of hydrogen-bond donors (Lipinski definition) is 0. The third-order valence-corrected chi connectivity index (χ3v) is 6.38. The summed E-state index contributed by atoms with van der Waals surface area (Å²) >= 11 is 3.47. The molecule has 0 aromatic heterocycles. The van der Waals surface area contributed by atoms with Gasteiger partial charge < -0.3 is 14.7 Å². The Hall–Kier alpha value is -2.94. The van der Waals surface area contributed by atoms with Gasteiger partial charge in [0.25, 0.3) is 11.6 Å². The van der Waals surface area contributed by atoms with E-state index in [2.05, 4.69) is 15.9 Å². The van der Waals surface area contributed by atoms with Gasteiger partial charge in [0, 0.05) is 61.4 Å². The standard InChI is InChI=1S/C22H23BrN4O4/c1-15(28)24-9-11-25(12-10-24)20-6-4-17(14-21(20)27(30)31)22(29)26-8-2-3-16-13-18(23)5-7-19(16)26/h4-7,13-14H,2-3,8-12H2,1H3. The van der Waals surface area contributed by atoms with Crippen molar-refractivity contribution in [3.63, 3.8) is 0 Å². The van der Waals surface area contributed by atoms with Gasteiger partial charge in [-0.05, 0) is 48.7 Å². The Morgan fingerprint density at radius 3 is 2.39 bits per heavy atom. The van der Waals surface area contributed by atoms with Crippen molar-refractivity contribution in [3.05, 3.63) is 62.1 Å². The second kappa shape index (κ2) is 8.66. The van der Waals surface area contributed by atoms with E-state index >= 15 is 0 Å². The molecule has 0 aliphatic carbocycles. The van der Waals surface area contributed by atoms with Crippen LogP contribution < -0.4 is 9.80 Å². The number of carbonyl (C=O) groups excluding carboxylic acids is 2. The van der Waals surface area contributed by atoms with Crippen LogP contribution in [0, 0.1) is 10.1 Å². The summed E-state index contributed by atoms with van der Waals surface area (Å²) in [6, 6.07) is 10.5. The summed E-state index contributed by atoms with van der Waals surface area (Å²) in [5.74, 6) is -0.233. The molecule has 0 unspecified atom stereocenters. The average Bonchev–Trinajstić information content (AvgIpc) is 2.77. The highest BCUT2D eigenvalue weighted by molar-refractivity contribution is 9.10. The summed E-state index contributed by atoms with van der Waals surface area (Å²) in [4.78, 5) is 41.5. The van der Waals surface area contributed by atoms with E-state index in [0.29, 0.717) is 44.0 Å². The summed E-state index contributed by atoms with van der Waals surface area (Å²) in [6.45, 7) is 4.18. The molecule has 9 heteroatoms. The minimum atomic E-state index is -0.440. The lowest BCUT2D eigenvalue weighted by atomic mass is 10.0. The Balaban J connectivity index is 1.61. The molecular formula is C22H23BrN4O4. The lowest BCUT2D eigenvalue weighted by Gasteiger charge is -2.35. The quantitative estimate of drug-likeness (QED) is 0.488. The summed E-state index contributed by atoms with van der Waals surface area (Å²) in [7, 11) is 0. The fraction of sp³-hybridized carbons (Fsp3) is 0.364. The molecule has 0 spiro atoms. The Morgan fingerprint density at radius 1 is 1.00 bits per heavy atom. The number of nitro groups is 1. The van der Waals surface area contributed by atoms with Gasteiger partial charge in [-0.25, -0.2) is 0 Å². The first-order valence-electron chi connectivity index (χ1n) is 10.2. The van der Waals surface area contributed by atoms with Crippen LogP contribution in [0.4, 0.5) is 17.1 Å². The van der Waals surface area contributed by atoms with Crippen molar-refractivity contribution >= 4 is 44.8 Å². The van der Waals surface area contributed by atoms with Gasteiger partial charge in [-0.2, -0.15) is 0 Å². The van der Waals surface area contributed by atoms with Crippen LogP contribution in [0.25, 0.3) is 0 Å². The number of amides is 2. The van der Waals surface area contributed by atoms with E-state index in [9.17, 15) is 19.7 Å². The zero-order chi connectivity index (χ0) is 22.1. The first-order chi connectivity index (χ1) is 14.8. The van der Waals surface area contributed by atoms with E-state index in [1.165, 1.54) is 13.0 Å². The lowest BCUT2D eigenvalue weighted by Crippen LogP contribution is -2.48. The van der Waals surface area contributed by atoms with E-state index in [1.807, 2.05) is 23.1 Å². The fourth-order valence-corrected chi connectivity index (χ4v) is 4.67. The Morgan fingerprint density at radius 2 is 1.71 bits per heavy atom. The highest BCUT2D eigenvalue weighted by Gasteiger charge is 2.28. The van der Waals surface area contributed by atoms with E-state index < -0.39 is 4.92 Å². The van der Waals surface area contributed by atoms with E-state index in [4.69, 9.17) is 0 Å². The predicted molar refractivity (Wildman–Crippen MR) is 122 cm³/mol. The van der Waals surface area contributed by atoms with Crippen molar-refractivity contribution < 1.29 is 14.5 Å². The zero-order valence-corrected chi connectivity index (χ0v) is 18.8. The SMILES string of the molecule is CC(=O)N1CCN(c2ccc(C(=O)N3CCCc4cc(Br)ccc43)cc2[N+](=O)[O-])CC1. The molecule has 0 saturated carbocycles. The van der Waals surface area contributed by atoms with Gasteiger partial charge in [0.1, 0.15) is 5.69 Å². The number of piperazine rings is 1. The van der Waals surface area contributed by atoms with Crippen LogP contribution in [0.3, 0.4) is 0 Å². The molecular weight excluding hydrogens is 464 g/mol. The van der Waals surface area contributed by atoms with E-state index in [0.717, 1.165) is 28.6 Å². The molecule has 8 nitrogen and oxygen atoms in total. The molecule has 0 atom stereocenters. The van der Waals surface area contributed by atoms with Crippen molar-refractivity contribution in [2.24, 2.45) is 0 Å². The first kappa shape index (κ1) is 21.3. The number of nitrogens with zero attached hydrogens (tertiary/aromatic N) is 4. The van der Waals surface area contributed by atoms with Crippen LogP contribution in [-0.4, -0.2) is 54.4 Å². The normalized spacial score (nSPS) is 16.1. The van der Waals surface area contributed by atoms with Crippen molar-refractivity contribution in [1.82, 2.24) is 4.90 Å². The van der Waals surface area contributed by atoms with Gasteiger partial charge in [0.2, 0.25) is 5.91 Å². The Kier molecular flexibility index (Phi) is 5.95. The minimum Gasteiger partial charge on any atom is -0.362 e. The molecule has 4 rings (SSSR count). The Labute approximate surface area is 188 Å². The highest BCUT2D eigenvalue weighted by atomic mass is 79.9.